The first-order valence-corrected chi connectivity index (χ1v) is 3.40. The summed E-state index contributed by atoms with van der Waals surface area (Å²) in [5.74, 6) is 0.527. The fraction of sp³-hybridized carbons (Fsp3) is 0.429. The van der Waals surface area contributed by atoms with E-state index in [0.29, 0.717) is 30.5 Å². The molecule has 1 heterocycles. The van der Waals surface area contributed by atoms with Gasteiger partial charge in [-0.2, -0.15) is 0 Å². The third-order valence-electron chi connectivity index (χ3n) is 1.88. The molecule has 0 N–H and O–H groups in total. The summed E-state index contributed by atoms with van der Waals surface area (Å²) < 4.78 is 17.7. The van der Waals surface area contributed by atoms with Crippen molar-refractivity contribution in [3.63, 3.8) is 0 Å². The fourth-order valence-electron chi connectivity index (χ4n) is 1.35. The van der Waals surface area contributed by atoms with Crippen LogP contribution in [0.15, 0.2) is 4.52 Å². The molecule has 1 aliphatic carbocycles. The van der Waals surface area contributed by atoms with Gasteiger partial charge in [-0.05, 0) is 6.42 Å². The predicted octanol–water partition coefficient (Wildman–Crippen LogP) is 1.44. The van der Waals surface area contributed by atoms with E-state index in [1.807, 2.05) is 0 Å². The zero-order valence-electron chi connectivity index (χ0n) is 5.71. The van der Waals surface area contributed by atoms with Gasteiger partial charge >= 0.3 is 0 Å². The van der Waals surface area contributed by atoms with E-state index in [2.05, 4.69) is 5.16 Å². The van der Waals surface area contributed by atoms with Gasteiger partial charge in [-0.3, -0.25) is 4.79 Å². The Labute approximate surface area is 62.2 Å². The highest BCUT2D eigenvalue weighted by Crippen LogP contribution is 2.35. The molecule has 58 valence electrons. The monoisotopic (exact) mass is 155 g/mol. The Hall–Kier alpha value is -1.19. The number of halogens is 1. The molecule has 1 aromatic rings. The standard InChI is InChI=1S/C7H6FNO2/c8-4-1-2-6-7(4)5(3-10)9-11-6/h3-4H,1-2H2. The third kappa shape index (κ3) is 0.785. The lowest BCUT2D eigenvalue weighted by molar-refractivity contribution is 0.111. The van der Waals surface area contributed by atoms with Crippen LogP contribution in [-0.2, 0) is 6.42 Å². The average Bonchev–Trinajstić information content (AvgIpc) is 2.54. The summed E-state index contributed by atoms with van der Waals surface area (Å²) in [5.41, 5.74) is 0.477. The number of alkyl halides is 1. The Balaban J connectivity index is 2.54. The lowest BCUT2D eigenvalue weighted by Crippen LogP contribution is -1.89. The van der Waals surface area contributed by atoms with Gasteiger partial charge in [0, 0.05) is 6.42 Å². The number of rotatable bonds is 1. The number of hydrogen-bond donors (Lipinski definition) is 0. The van der Waals surface area contributed by atoms with Crippen molar-refractivity contribution in [1.29, 1.82) is 0 Å². The van der Waals surface area contributed by atoms with Crippen LogP contribution in [0.5, 0.6) is 0 Å². The first-order chi connectivity index (χ1) is 5.33. The summed E-state index contributed by atoms with van der Waals surface area (Å²) in [6.45, 7) is 0. The Bertz CT molecular complexity index is 295. The van der Waals surface area contributed by atoms with Crippen molar-refractivity contribution >= 4 is 6.29 Å². The SMILES string of the molecule is O=Cc1noc2c1C(F)CC2. The number of nitrogens with zero attached hydrogens (tertiary/aromatic N) is 1. The van der Waals surface area contributed by atoms with Crippen molar-refractivity contribution in [1.82, 2.24) is 5.16 Å². The smallest absolute Gasteiger partial charge is 0.172 e. The van der Waals surface area contributed by atoms with Gasteiger partial charge in [0.25, 0.3) is 0 Å². The van der Waals surface area contributed by atoms with Gasteiger partial charge in [0.2, 0.25) is 0 Å². The summed E-state index contributed by atoms with van der Waals surface area (Å²) >= 11 is 0. The number of fused-ring (bicyclic) bond motifs is 1. The molecule has 11 heavy (non-hydrogen) atoms. The Morgan fingerprint density at radius 2 is 2.55 bits per heavy atom. The average molecular weight is 155 g/mol. The van der Waals surface area contributed by atoms with Crippen LogP contribution in [0.4, 0.5) is 4.39 Å². The van der Waals surface area contributed by atoms with E-state index in [0.717, 1.165) is 0 Å². The zero-order valence-corrected chi connectivity index (χ0v) is 5.71. The van der Waals surface area contributed by atoms with E-state index in [1.165, 1.54) is 0 Å². The van der Waals surface area contributed by atoms with E-state index in [4.69, 9.17) is 4.52 Å². The second-order valence-corrected chi connectivity index (χ2v) is 2.53. The maximum Gasteiger partial charge on any atom is 0.172 e. The van der Waals surface area contributed by atoms with E-state index >= 15 is 0 Å². The van der Waals surface area contributed by atoms with Gasteiger partial charge in [-0.25, -0.2) is 4.39 Å². The molecular weight excluding hydrogens is 149 g/mol. The predicted molar refractivity (Wildman–Crippen MR) is 34.1 cm³/mol. The maximum atomic E-state index is 12.9. The molecule has 0 bridgehead atoms. The third-order valence-corrected chi connectivity index (χ3v) is 1.88. The minimum atomic E-state index is -1.06. The number of carbonyl (C=O) groups is 1. The van der Waals surface area contributed by atoms with Crippen molar-refractivity contribution in [2.24, 2.45) is 0 Å². The number of aromatic nitrogens is 1. The molecule has 0 saturated heterocycles. The number of aryl methyl sites for hydroxylation is 1. The van der Waals surface area contributed by atoms with E-state index in [1.54, 1.807) is 0 Å². The first kappa shape index (κ1) is 6.52. The molecule has 2 rings (SSSR count). The number of hydrogen-bond acceptors (Lipinski definition) is 3. The quantitative estimate of drug-likeness (QED) is 0.576. The van der Waals surface area contributed by atoms with Crippen LogP contribution in [0.25, 0.3) is 0 Å². The highest BCUT2D eigenvalue weighted by molar-refractivity contribution is 5.75. The van der Waals surface area contributed by atoms with Gasteiger partial charge in [0.05, 0.1) is 5.56 Å². The number of aldehydes is 1. The normalized spacial score (nSPS) is 21.7. The molecule has 0 aromatic carbocycles. The van der Waals surface area contributed by atoms with Crippen molar-refractivity contribution in [2.45, 2.75) is 19.0 Å². The highest BCUT2D eigenvalue weighted by atomic mass is 19.1. The van der Waals surface area contributed by atoms with E-state index < -0.39 is 6.17 Å². The van der Waals surface area contributed by atoms with Crippen molar-refractivity contribution in [3.8, 4) is 0 Å². The molecule has 1 aromatic heterocycles. The minimum Gasteiger partial charge on any atom is -0.360 e. The molecule has 0 fully saturated rings. The van der Waals surface area contributed by atoms with Gasteiger partial charge in [-0.1, -0.05) is 5.16 Å². The second-order valence-electron chi connectivity index (χ2n) is 2.53. The molecule has 0 aliphatic heterocycles. The van der Waals surface area contributed by atoms with Crippen LogP contribution in [0.2, 0.25) is 0 Å². The first-order valence-electron chi connectivity index (χ1n) is 3.40. The Morgan fingerprint density at radius 3 is 3.27 bits per heavy atom. The van der Waals surface area contributed by atoms with E-state index in [-0.39, 0.29) is 5.69 Å². The molecule has 0 amide bonds. The summed E-state index contributed by atoms with van der Waals surface area (Å²) in [6, 6.07) is 0. The molecule has 1 unspecified atom stereocenters. The molecule has 0 radical (unpaired) electrons. The summed E-state index contributed by atoms with van der Waals surface area (Å²) in [5, 5.41) is 3.42. The zero-order chi connectivity index (χ0) is 7.84. The summed E-state index contributed by atoms with van der Waals surface area (Å²) in [4.78, 5) is 10.3. The van der Waals surface area contributed by atoms with Crippen molar-refractivity contribution in [2.75, 3.05) is 0 Å². The lowest BCUT2D eigenvalue weighted by atomic mass is 10.2. The molecule has 1 aliphatic rings. The second kappa shape index (κ2) is 2.15. The summed E-state index contributed by atoms with van der Waals surface area (Å²) in [6.07, 6.45) is 0.436. The fourth-order valence-corrected chi connectivity index (χ4v) is 1.35. The van der Waals surface area contributed by atoms with Gasteiger partial charge < -0.3 is 4.52 Å². The lowest BCUT2D eigenvalue weighted by Gasteiger charge is -1.93. The molecule has 0 saturated carbocycles. The summed E-state index contributed by atoms with van der Waals surface area (Å²) in [7, 11) is 0. The van der Waals surface area contributed by atoms with Crippen LogP contribution in [-0.4, -0.2) is 11.4 Å². The minimum absolute atomic E-state index is 0.116. The van der Waals surface area contributed by atoms with Crippen molar-refractivity contribution < 1.29 is 13.7 Å². The number of carbonyl (C=O) groups excluding carboxylic acids is 1. The molecule has 4 heteroatoms. The highest BCUT2D eigenvalue weighted by Gasteiger charge is 2.30. The van der Waals surface area contributed by atoms with Crippen LogP contribution >= 0.6 is 0 Å². The molecule has 1 atom stereocenters. The largest absolute Gasteiger partial charge is 0.360 e. The van der Waals surface area contributed by atoms with Crippen LogP contribution in [0.1, 0.15) is 34.4 Å². The Morgan fingerprint density at radius 1 is 1.73 bits per heavy atom. The van der Waals surface area contributed by atoms with Crippen molar-refractivity contribution in [3.05, 3.63) is 17.0 Å². The molecular formula is C7H6FNO2. The van der Waals surface area contributed by atoms with Gasteiger partial charge in [0.1, 0.15) is 11.9 Å². The van der Waals surface area contributed by atoms with E-state index in [9.17, 15) is 9.18 Å². The maximum absolute atomic E-state index is 12.9. The van der Waals surface area contributed by atoms with Crippen LogP contribution < -0.4 is 0 Å². The van der Waals surface area contributed by atoms with Gasteiger partial charge in [0.15, 0.2) is 12.0 Å². The van der Waals surface area contributed by atoms with Crippen LogP contribution in [0.3, 0.4) is 0 Å². The molecule has 0 spiro atoms. The van der Waals surface area contributed by atoms with Crippen LogP contribution in [0, 0.1) is 0 Å². The topological polar surface area (TPSA) is 43.1 Å². The van der Waals surface area contributed by atoms with Gasteiger partial charge in [-0.15, -0.1) is 0 Å². The Kier molecular flexibility index (Phi) is 1.27. The molecule has 3 nitrogen and oxygen atoms in total.